The summed E-state index contributed by atoms with van der Waals surface area (Å²) >= 11 is 0. The third kappa shape index (κ3) is 3.47. The van der Waals surface area contributed by atoms with Crippen LogP contribution in [0, 0.1) is 0 Å². The minimum Gasteiger partial charge on any atom is -0.372 e. The fourth-order valence-electron chi connectivity index (χ4n) is 3.97. The largest absolute Gasteiger partial charge is 0.372 e. The molecule has 2 aromatic carbocycles. The SMILES string of the molecule is CCC1(CCNS(=O)(=O)c2cccc(C=O)c2)Nc2ccccc2-n2cccc21. The van der Waals surface area contributed by atoms with Crippen molar-refractivity contribution in [3.05, 3.63) is 78.1 Å². The summed E-state index contributed by atoms with van der Waals surface area (Å²) in [6.07, 6.45) is 4.05. The second kappa shape index (κ2) is 7.50. The number of anilines is 1. The lowest BCUT2D eigenvalue weighted by Crippen LogP contribution is -2.42. The molecule has 1 atom stereocenters. The average Bonchev–Trinajstić information content (AvgIpc) is 3.24. The summed E-state index contributed by atoms with van der Waals surface area (Å²) in [7, 11) is -3.70. The first kappa shape index (κ1) is 19.4. The molecule has 6 nitrogen and oxygen atoms in total. The van der Waals surface area contributed by atoms with Gasteiger partial charge in [-0.05, 0) is 49.2 Å². The molecule has 0 spiro atoms. The molecule has 0 fully saturated rings. The molecule has 0 radical (unpaired) electrons. The smallest absolute Gasteiger partial charge is 0.240 e. The van der Waals surface area contributed by atoms with Gasteiger partial charge in [-0.25, -0.2) is 13.1 Å². The van der Waals surface area contributed by atoms with Crippen molar-refractivity contribution in [2.24, 2.45) is 0 Å². The van der Waals surface area contributed by atoms with Crippen LogP contribution in [0.3, 0.4) is 0 Å². The van der Waals surface area contributed by atoms with Crippen LogP contribution in [-0.2, 0) is 15.6 Å². The van der Waals surface area contributed by atoms with E-state index in [0.717, 1.165) is 23.5 Å². The van der Waals surface area contributed by atoms with Crippen molar-refractivity contribution in [1.29, 1.82) is 0 Å². The van der Waals surface area contributed by atoms with E-state index in [1.54, 1.807) is 12.1 Å². The molecular weight excluding hydrogens is 386 g/mol. The monoisotopic (exact) mass is 409 g/mol. The van der Waals surface area contributed by atoms with Crippen LogP contribution in [0.2, 0.25) is 0 Å². The van der Waals surface area contributed by atoms with E-state index in [-0.39, 0.29) is 17.0 Å². The fourth-order valence-corrected chi connectivity index (χ4v) is 5.05. The van der Waals surface area contributed by atoms with Crippen molar-refractivity contribution in [2.45, 2.75) is 30.2 Å². The summed E-state index contributed by atoms with van der Waals surface area (Å²) in [4.78, 5) is 11.0. The Labute approximate surface area is 170 Å². The van der Waals surface area contributed by atoms with E-state index in [4.69, 9.17) is 0 Å². The maximum absolute atomic E-state index is 12.7. The molecule has 1 unspecified atom stereocenters. The van der Waals surface area contributed by atoms with Gasteiger partial charge >= 0.3 is 0 Å². The zero-order chi connectivity index (χ0) is 20.5. The minimum absolute atomic E-state index is 0.0953. The van der Waals surface area contributed by atoms with Gasteiger partial charge in [0.1, 0.15) is 6.29 Å². The minimum atomic E-state index is -3.70. The number of carbonyl (C=O) groups excluding carboxylic acids is 1. The first-order chi connectivity index (χ1) is 14.0. The van der Waals surface area contributed by atoms with E-state index in [0.29, 0.717) is 18.3 Å². The second-order valence-corrected chi connectivity index (χ2v) is 8.95. The van der Waals surface area contributed by atoms with Gasteiger partial charge in [0.15, 0.2) is 0 Å². The third-order valence-corrected chi connectivity index (χ3v) is 6.99. The zero-order valence-corrected chi connectivity index (χ0v) is 16.9. The highest BCUT2D eigenvalue weighted by Crippen LogP contribution is 2.41. The van der Waals surface area contributed by atoms with E-state index in [1.807, 2.05) is 30.5 Å². The van der Waals surface area contributed by atoms with Gasteiger partial charge in [0.2, 0.25) is 10.0 Å². The zero-order valence-electron chi connectivity index (χ0n) is 16.1. The summed E-state index contributed by atoms with van der Waals surface area (Å²) in [5.41, 5.74) is 3.18. The molecule has 2 heterocycles. The van der Waals surface area contributed by atoms with E-state index in [1.165, 1.54) is 12.1 Å². The fraction of sp³-hybridized carbons (Fsp3) is 0.227. The Morgan fingerprint density at radius 1 is 1.10 bits per heavy atom. The lowest BCUT2D eigenvalue weighted by atomic mass is 9.86. The van der Waals surface area contributed by atoms with Gasteiger partial charge < -0.3 is 9.88 Å². The Bertz CT molecular complexity index is 1150. The molecule has 0 amide bonds. The molecule has 0 saturated carbocycles. The second-order valence-electron chi connectivity index (χ2n) is 7.18. The van der Waals surface area contributed by atoms with Crippen LogP contribution in [-0.4, -0.2) is 25.8 Å². The maximum atomic E-state index is 12.7. The lowest BCUT2D eigenvalue weighted by molar-refractivity contribution is 0.112. The van der Waals surface area contributed by atoms with E-state index < -0.39 is 10.0 Å². The molecular formula is C22H23N3O3S. The van der Waals surface area contributed by atoms with Crippen molar-refractivity contribution >= 4 is 22.0 Å². The van der Waals surface area contributed by atoms with Crippen molar-refractivity contribution < 1.29 is 13.2 Å². The van der Waals surface area contributed by atoms with Gasteiger partial charge in [0, 0.05) is 24.0 Å². The van der Waals surface area contributed by atoms with Crippen LogP contribution in [0.4, 0.5) is 5.69 Å². The lowest BCUT2D eigenvalue weighted by Gasteiger charge is -2.40. The summed E-state index contributed by atoms with van der Waals surface area (Å²) < 4.78 is 30.2. The number of sulfonamides is 1. The molecule has 150 valence electrons. The van der Waals surface area contributed by atoms with Gasteiger partial charge in [-0.15, -0.1) is 0 Å². The Hall–Kier alpha value is -2.90. The number of hydrogen-bond donors (Lipinski definition) is 2. The first-order valence-electron chi connectivity index (χ1n) is 9.59. The average molecular weight is 410 g/mol. The third-order valence-electron chi connectivity index (χ3n) is 5.53. The topological polar surface area (TPSA) is 80.2 Å². The number of para-hydroxylation sites is 2. The Kier molecular flexibility index (Phi) is 5.02. The molecule has 1 aliphatic rings. The highest BCUT2D eigenvalue weighted by Gasteiger charge is 2.37. The predicted octanol–water partition coefficient (Wildman–Crippen LogP) is 3.69. The van der Waals surface area contributed by atoms with Crippen LogP contribution in [0.1, 0.15) is 35.8 Å². The molecule has 0 aliphatic carbocycles. The molecule has 0 bridgehead atoms. The molecule has 4 rings (SSSR count). The molecule has 0 saturated heterocycles. The summed E-state index contributed by atoms with van der Waals surface area (Å²) in [5.74, 6) is 0. The van der Waals surface area contributed by atoms with Crippen molar-refractivity contribution in [3.63, 3.8) is 0 Å². The van der Waals surface area contributed by atoms with Gasteiger partial charge in [-0.2, -0.15) is 0 Å². The number of hydrogen-bond acceptors (Lipinski definition) is 4. The standard InChI is InChI=1S/C22H23N3O3S/c1-2-22(12-13-23-29(27,28)18-8-5-7-17(15-18)16-26)21-11-6-14-25(21)20-10-4-3-9-19(20)24-22/h3-11,14-16,23-24H,2,12-13H2,1H3. The molecule has 2 N–H and O–H groups in total. The predicted molar refractivity (Wildman–Crippen MR) is 113 cm³/mol. The number of aromatic nitrogens is 1. The highest BCUT2D eigenvalue weighted by atomic mass is 32.2. The number of carbonyl (C=O) groups is 1. The Morgan fingerprint density at radius 3 is 2.72 bits per heavy atom. The van der Waals surface area contributed by atoms with Crippen LogP contribution < -0.4 is 10.0 Å². The van der Waals surface area contributed by atoms with Crippen LogP contribution in [0.25, 0.3) is 5.69 Å². The molecule has 7 heteroatoms. The number of rotatable bonds is 7. The van der Waals surface area contributed by atoms with E-state index >= 15 is 0 Å². The molecule has 3 aromatic rings. The summed E-state index contributed by atoms with van der Waals surface area (Å²) in [5, 5.41) is 3.64. The van der Waals surface area contributed by atoms with E-state index in [9.17, 15) is 13.2 Å². The summed E-state index contributed by atoms with van der Waals surface area (Å²) in [6, 6.07) is 18.2. The van der Waals surface area contributed by atoms with Gasteiger partial charge in [-0.3, -0.25) is 4.79 Å². The number of fused-ring (bicyclic) bond motifs is 3. The Balaban J connectivity index is 1.57. The van der Waals surface area contributed by atoms with Gasteiger partial charge in [-0.1, -0.05) is 31.2 Å². The highest BCUT2D eigenvalue weighted by molar-refractivity contribution is 7.89. The first-order valence-corrected chi connectivity index (χ1v) is 11.1. The molecule has 1 aliphatic heterocycles. The number of nitrogens with zero attached hydrogens (tertiary/aromatic N) is 1. The van der Waals surface area contributed by atoms with Gasteiger partial charge in [0.25, 0.3) is 0 Å². The summed E-state index contributed by atoms with van der Waals surface area (Å²) in [6.45, 7) is 2.36. The van der Waals surface area contributed by atoms with Crippen LogP contribution in [0.15, 0.2) is 71.8 Å². The number of nitrogens with one attached hydrogen (secondary N) is 2. The van der Waals surface area contributed by atoms with Gasteiger partial charge in [0.05, 0.1) is 21.8 Å². The normalized spacial score (nSPS) is 17.8. The van der Waals surface area contributed by atoms with Crippen LogP contribution in [0.5, 0.6) is 0 Å². The number of benzene rings is 2. The van der Waals surface area contributed by atoms with E-state index in [2.05, 4.69) is 33.7 Å². The maximum Gasteiger partial charge on any atom is 0.240 e. The quantitative estimate of drug-likeness (QED) is 0.583. The number of aldehydes is 1. The van der Waals surface area contributed by atoms with Crippen molar-refractivity contribution in [3.8, 4) is 5.69 Å². The molecule has 29 heavy (non-hydrogen) atoms. The van der Waals surface area contributed by atoms with Crippen molar-refractivity contribution in [1.82, 2.24) is 9.29 Å². The molecule has 1 aromatic heterocycles. The van der Waals surface area contributed by atoms with Crippen LogP contribution >= 0.6 is 0 Å². The van der Waals surface area contributed by atoms with Crippen molar-refractivity contribution in [2.75, 3.05) is 11.9 Å². The Morgan fingerprint density at radius 2 is 1.93 bits per heavy atom.